The van der Waals surface area contributed by atoms with Gasteiger partial charge in [-0.1, -0.05) is 26.0 Å². The molecule has 0 amide bonds. The normalized spacial score (nSPS) is 32.7. The summed E-state index contributed by atoms with van der Waals surface area (Å²) in [6.45, 7) is 7.54. The molecule has 1 aliphatic carbocycles. The van der Waals surface area contributed by atoms with E-state index in [0.29, 0.717) is 24.6 Å². The molecule has 3 rings (SSSR count). The summed E-state index contributed by atoms with van der Waals surface area (Å²) >= 11 is 0. The molecule has 1 saturated heterocycles. The number of hydrogen-bond acceptors (Lipinski definition) is 3. The average molecular weight is 307 g/mol. The Balaban J connectivity index is 1.65. The Morgan fingerprint density at radius 3 is 2.73 bits per heavy atom. The zero-order chi connectivity index (χ0) is 16.0. The summed E-state index contributed by atoms with van der Waals surface area (Å²) in [5.74, 6) is 0.252. The van der Waals surface area contributed by atoms with Crippen LogP contribution in [0, 0.1) is 17.2 Å². The molecule has 4 atom stereocenters. The summed E-state index contributed by atoms with van der Waals surface area (Å²) in [6.07, 6.45) is 2.63. The molecule has 3 nitrogen and oxygen atoms in total. The van der Waals surface area contributed by atoms with E-state index in [1.54, 1.807) is 19.1 Å². The van der Waals surface area contributed by atoms with Gasteiger partial charge in [0.15, 0.2) is 0 Å². The predicted octanol–water partition coefficient (Wildman–Crippen LogP) is 2.83. The smallest absolute Gasteiger partial charge is 0.123 e. The molecule has 1 heterocycles. The molecule has 2 fully saturated rings. The highest BCUT2D eigenvalue weighted by Crippen LogP contribution is 2.51. The number of nitrogens with one attached hydrogen (secondary N) is 1. The van der Waals surface area contributed by atoms with E-state index in [2.05, 4.69) is 19.2 Å². The fourth-order valence-corrected chi connectivity index (χ4v) is 4.16. The molecule has 1 aromatic rings. The van der Waals surface area contributed by atoms with Crippen LogP contribution in [0.4, 0.5) is 4.39 Å². The van der Waals surface area contributed by atoms with Crippen molar-refractivity contribution >= 4 is 0 Å². The van der Waals surface area contributed by atoms with Gasteiger partial charge in [-0.05, 0) is 37.5 Å². The van der Waals surface area contributed by atoms with Crippen molar-refractivity contribution in [3.63, 3.8) is 0 Å². The lowest BCUT2D eigenvalue weighted by Gasteiger charge is -2.60. The van der Waals surface area contributed by atoms with Crippen LogP contribution in [0.3, 0.4) is 0 Å². The number of benzene rings is 1. The van der Waals surface area contributed by atoms with Crippen molar-refractivity contribution in [2.24, 2.45) is 11.3 Å². The molecule has 0 spiro atoms. The Bertz CT molecular complexity index is 526. The Morgan fingerprint density at radius 1 is 1.36 bits per heavy atom. The minimum absolute atomic E-state index is 0.0873. The Kier molecular flexibility index (Phi) is 4.04. The minimum atomic E-state index is -1.01. The van der Waals surface area contributed by atoms with Gasteiger partial charge in [0.2, 0.25) is 0 Å². The molecule has 122 valence electrons. The maximum Gasteiger partial charge on any atom is 0.123 e. The van der Waals surface area contributed by atoms with Gasteiger partial charge in [0, 0.05) is 30.5 Å². The fourth-order valence-electron chi connectivity index (χ4n) is 4.16. The molecular formula is C18H26FNO2. The first-order chi connectivity index (χ1) is 10.3. The number of fused-ring (bicyclic) bond motifs is 1. The van der Waals surface area contributed by atoms with Gasteiger partial charge >= 0.3 is 0 Å². The molecule has 4 unspecified atom stereocenters. The third-order valence-corrected chi connectivity index (χ3v) is 5.46. The number of aliphatic hydroxyl groups is 1. The van der Waals surface area contributed by atoms with Crippen molar-refractivity contribution in [2.45, 2.75) is 51.4 Å². The van der Waals surface area contributed by atoms with E-state index in [-0.39, 0.29) is 11.2 Å². The van der Waals surface area contributed by atoms with Gasteiger partial charge in [-0.2, -0.15) is 0 Å². The van der Waals surface area contributed by atoms with Gasteiger partial charge in [-0.15, -0.1) is 0 Å². The standard InChI is InChI=1S/C18H26FNO2/c1-17(2)15(14-5-4-10-22-16(14)17)20-11-18(3,21)12-6-8-13(19)9-7-12/h6-9,14-16,20-21H,4-5,10-11H2,1-3H3. The maximum atomic E-state index is 13.0. The predicted molar refractivity (Wildman–Crippen MR) is 84.0 cm³/mol. The Labute approximate surface area is 131 Å². The number of halogens is 1. The van der Waals surface area contributed by atoms with Gasteiger partial charge in [0.25, 0.3) is 0 Å². The minimum Gasteiger partial charge on any atom is -0.384 e. The van der Waals surface area contributed by atoms with Crippen molar-refractivity contribution in [3.05, 3.63) is 35.6 Å². The molecule has 2 aliphatic rings. The first-order valence-electron chi connectivity index (χ1n) is 8.16. The highest BCUT2D eigenvalue weighted by molar-refractivity contribution is 5.23. The van der Waals surface area contributed by atoms with Gasteiger partial charge in [0.1, 0.15) is 5.82 Å². The van der Waals surface area contributed by atoms with Crippen LogP contribution < -0.4 is 5.32 Å². The first-order valence-corrected chi connectivity index (χ1v) is 8.16. The molecule has 1 saturated carbocycles. The van der Waals surface area contributed by atoms with Crippen LogP contribution in [-0.2, 0) is 10.3 Å². The van der Waals surface area contributed by atoms with E-state index < -0.39 is 5.60 Å². The lowest BCUT2D eigenvalue weighted by Crippen LogP contribution is -2.70. The largest absolute Gasteiger partial charge is 0.384 e. The second-order valence-electron chi connectivity index (χ2n) is 7.56. The monoisotopic (exact) mass is 307 g/mol. The lowest BCUT2D eigenvalue weighted by molar-refractivity contribution is -0.194. The second kappa shape index (κ2) is 5.59. The molecule has 1 aromatic carbocycles. The van der Waals surface area contributed by atoms with Crippen LogP contribution in [0.5, 0.6) is 0 Å². The molecule has 0 radical (unpaired) electrons. The number of rotatable bonds is 4. The SMILES string of the molecule is CC(O)(CNC1C2CCCOC2C1(C)C)c1ccc(F)cc1. The number of hydrogen-bond donors (Lipinski definition) is 2. The highest BCUT2D eigenvalue weighted by atomic mass is 19.1. The summed E-state index contributed by atoms with van der Waals surface area (Å²) in [5.41, 5.74) is -0.191. The van der Waals surface area contributed by atoms with Crippen molar-refractivity contribution in [2.75, 3.05) is 13.2 Å². The van der Waals surface area contributed by atoms with E-state index in [1.807, 2.05) is 0 Å². The molecule has 1 aliphatic heterocycles. The molecule has 0 bridgehead atoms. The van der Waals surface area contributed by atoms with E-state index in [4.69, 9.17) is 4.74 Å². The molecule has 0 aromatic heterocycles. The van der Waals surface area contributed by atoms with E-state index in [1.165, 1.54) is 18.6 Å². The van der Waals surface area contributed by atoms with Crippen LogP contribution in [0.2, 0.25) is 0 Å². The topological polar surface area (TPSA) is 41.5 Å². The fraction of sp³-hybridized carbons (Fsp3) is 0.667. The Hall–Kier alpha value is -0.970. The summed E-state index contributed by atoms with van der Waals surface area (Å²) < 4.78 is 18.9. The zero-order valence-electron chi connectivity index (χ0n) is 13.6. The molecule has 2 N–H and O–H groups in total. The summed E-state index contributed by atoms with van der Waals surface area (Å²) in [4.78, 5) is 0. The van der Waals surface area contributed by atoms with Gasteiger partial charge < -0.3 is 15.2 Å². The average Bonchev–Trinajstić information content (AvgIpc) is 2.47. The lowest BCUT2D eigenvalue weighted by atomic mass is 9.55. The van der Waals surface area contributed by atoms with E-state index in [0.717, 1.165) is 18.6 Å². The van der Waals surface area contributed by atoms with Crippen LogP contribution in [0.15, 0.2) is 24.3 Å². The third-order valence-electron chi connectivity index (χ3n) is 5.46. The van der Waals surface area contributed by atoms with Crippen molar-refractivity contribution in [1.82, 2.24) is 5.32 Å². The second-order valence-corrected chi connectivity index (χ2v) is 7.56. The molecule has 4 heteroatoms. The zero-order valence-corrected chi connectivity index (χ0v) is 13.6. The maximum absolute atomic E-state index is 13.0. The Morgan fingerprint density at radius 2 is 2.05 bits per heavy atom. The van der Waals surface area contributed by atoms with Gasteiger partial charge in [-0.25, -0.2) is 4.39 Å². The summed E-state index contributed by atoms with van der Waals surface area (Å²) in [6, 6.07) is 6.43. The first kappa shape index (κ1) is 15.9. The van der Waals surface area contributed by atoms with E-state index >= 15 is 0 Å². The molecular weight excluding hydrogens is 281 g/mol. The van der Waals surface area contributed by atoms with Crippen molar-refractivity contribution in [1.29, 1.82) is 0 Å². The van der Waals surface area contributed by atoms with Crippen LogP contribution in [-0.4, -0.2) is 30.4 Å². The van der Waals surface area contributed by atoms with Crippen LogP contribution >= 0.6 is 0 Å². The van der Waals surface area contributed by atoms with Crippen molar-refractivity contribution in [3.8, 4) is 0 Å². The third kappa shape index (κ3) is 2.68. The van der Waals surface area contributed by atoms with E-state index in [9.17, 15) is 9.50 Å². The molecule has 22 heavy (non-hydrogen) atoms. The quantitative estimate of drug-likeness (QED) is 0.899. The highest BCUT2D eigenvalue weighted by Gasteiger charge is 2.57. The van der Waals surface area contributed by atoms with Crippen LogP contribution in [0.25, 0.3) is 0 Å². The number of ether oxygens (including phenoxy) is 1. The van der Waals surface area contributed by atoms with Gasteiger partial charge in [0.05, 0.1) is 11.7 Å². The summed E-state index contributed by atoms with van der Waals surface area (Å²) in [5, 5.41) is 14.2. The summed E-state index contributed by atoms with van der Waals surface area (Å²) in [7, 11) is 0. The van der Waals surface area contributed by atoms with Crippen molar-refractivity contribution < 1.29 is 14.2 Å². The van der Waals surface area contributed by atoms with Gasteiger partial charge in [-0.3, -0.25) is 0 Å². The van der Waals surface area contributed by atoms with Crippen LogP contribution in [0.1, 0.15) is 39.2 Å².